The summed E-state index contributed by atoms with van der Waals surface area (Å²) in [6.07, 6.45) is 0. The van der Waals surface area contributed by atoms with Gasteiger partial charge in [0.25, 0.3) is 10.0 Å². The van der Waals surface area contributed by atoms with Crippen molar-refractivity contribution < 1.29 is 17.5 Å². The largest absolute Gasteiger partial charge is 0.495 e. The van der Waals surface area contributed by atoms with Gasteiger partial charge in [0.2, 0.25) is 0 Å². The topological polar surface area (TPSA) is 81.4 Å². The van der Waals surface area contributed by atoms with E-state index in [1.165, 1.54) is 43.5 Å². The molecule has 0 radical (unpaired) electrons. The number of nitrogens with one attached hydrogen (secondary N) is 1. The van der Waals surface area contributed by atoms with Crippen LogP contribution in [0, 0.1) is 9.39 Å². The van der Waals surface area contributed by atoms with Gasteiger partial charge in [-0.15, -0.1) is 0 Å². The van der Waals surface area contributed by atoms with Crippen molar-refractivity contribution in [3.05, 3.63) is 45.8 Å². The molecule has 2 rings (SSSR count). The van der Waals surface area contributed by atoms with Crippen LogP contribution in [-0.2, 0) is 10.0 Å². The van der Waals surface area contributed by atoms with Crippen LogP contribution in [0.15, 0.2) is 41.3 Å². The van der Waals surface area contributed by atoms with Gasteiger partial charge in [0.15, 0.2) is 0 Å². The standard InChI is InChI=1S/C13H12FIN2O3S/c1-20-13-7-9(3-4-11(13)16)21(18,19)17-12-5-2-8(14)6-10(12)15/h2-7,17H,16H2,1H3. The van der Waals surface area contributed by atoms with Crippen molar-refractivity contribution in [1.29, 1.82) is 0 Å². The van der Waals surface area contributed by atoms with Crippen LogP contribution in [-0.4, -0.2) is 15.5 Å². The Morgan fingerprint density at radius 2 is 1.95 bits per heavy atom. The highest BCUT2D eigenvalue weighted by atomic mass is 127. The van der Waals surface area contributed by atoms with Crippen molar-refractivity contribution in [2.24, 2.45) is 0 Å². The van der Waals surface area contributed by atoms with Gasteiger partial charge in [0, 0.05) is 9.64 Å². The number of methoxy groups -OCH3 is 1. The maximum Gasteiger partial charge on any atom is 0.262 e. The minimum atomic E-state index is -3.81. The molecular weight excluding hydrogens is 410 g/mol. The monoisotopic (exact) mass is 422 g/mol. The predicted octanol–water partition coefficient (Wildman–Crippen LogP) is 2.82. The molecule has 21 heavy (non-hydrogen) atoms. The molecule has 0 atom stereocenters. The molecule has 0 fully saturated rings. The summed E-state index contributed by atoms with van der Waals surface area (Å²) in [6, 6.07) is 7.93. The summed E-state index contributed by atoms with van der Waals surface area (Å²) in [7, 11) is -2.41. The lowest BCUT2D eigenvalue weighted by Gasteiger charge is -2.11. The molecule has 0 saturated carbocycles. The maximum atomic E-state index is 13.0. The first-order valence-corrected chi connectivity index (χ1v) is 8.31. The molecule has 8 heteroatoms. The number of hydrogen-bond donors (Lipinski definition) is 2. The molecule has 2 aromatic carbocycles. The minimum Gasteiger partial charge on any atom is -0.495 e. The van der Waals surface area contributed by atoms with E-state index in [4.69, 9.17) is 10.5 Å². The highest BCUT2D eigenvalue weighted by Gasteiger charge is 2.17. The van der Waals surface area contributed by atoms with E-state index < -0.39 is 15.8 Å². The van der Waals surface area contributed by atoms with E-state index in [1.54, 1.807) is 0 Å². The average molecular weight is 422 g/mol. The molecule has 0 aliphatic carbocycles. The van der Waals surface area contributed by atoms with E-state index in [0.717, 1.165) is 0 Å². The van der Waals surface area contributed by atoms with Crippen LogP contribution in [0.4, 0.5) is 15.8 Å². The number of sulfonamides is 1. The molecule has 112 valence electrons. The van der Waals surface area contributed by atoms with Crippen LogP contribution in [0.1, 0.15) is 0 Å². The molecule has 0 heterocycles. The third kappa shape index (κ3) is 3.56. The first-order chi connectivity index (χ1) is 9.83. The zero-order chi connectivity index (χ0) is 15.6. The van der Waals surface area contributed by atoms with Crippen molar-refractivity contribution in [1.82, 2.24) is 0 Å². The maximum absolute atomic E-state index is 13.0. The molecule has 5 nitrogen and oxygen atoms in total. The number of nitrogen functional groups attached to an aromatic ring is 1. The van der Waals surface area contributed by atoms with Gasteiger partial charge in [0.1, 0.15) is 11.6 Å². The summed E-state index contributed by atoms with van der Waals surface area (Å²) in [6.45, 7) is 0. The second kappa shape index (κ2) is 6.06. The van der Waals surface area contributed by atoms with Gasteiger partial charge in [-0.1, -0.05) is 0 Å². The molecule has 0 bridgehead atoms. The van der Waals surface area contributed by atoms with Gasteiger partial charge in [-0.05, 0) is 52.9 Å². The van der Waals surface area contributed by atoms with Crippen molar-refractivity contribution in [2.75, 3.05) is 17.6 Å². The zero-order valence-corrected chi connectivity index (χ0v) is 13.9. The van der Waals surface area contributed by atoms with E-state index in [-0.39, 0.29) is 10.6 Å². The molecule has 3 N–H and O–H groups in total. The van der Waals surface area contributed by atoms with Gasteiger partial charge < -0.3 is 10.5 Å². The summed E-state index contributed by atoms with van der Waals surface area (Å²) in [4.78, 5) is 0.00803. The zero-order valence-electron chi connectivity index (χ0n) is 10.9. The van der Waals surface area contributed by atoms with E-state index in [9.17, 15) is 12.8 Å². The fraction of sp³-hybridized carbons (Fsp3) is 0.0769. The molecule has 0 saturated heterocycles. The Bertz CT molecular complexity index is 781. The summed E-state index contributed by atoms with van der Waals surface area (Å²) in [5, 5.41) is 0. The van der Waals surface area contributed by atoms with Gasteiger partial charge in [-0.25, -0.2) is 12.8 Å². The van der Waals surface area contributed by atoms with Crippen LogP contribution in [0.3, 0.4) is 0 Å². The Labute approximate surface area is 135 Å². The first kappa shape index (κ1) is 15.8. The van der Waals surface area contributed by atoms with Gasteiger partial charge in [-0.2, -0.15) is 0 Å². The lowest BCUT2D eigenvalue weighted by molar-refractivity contribution is 0.415. The number of anilines is 2. The number of nitrogens with two attached hydrogens (primary N) is 1. The molecule has 0 unspecified atom stereocenters. The van der Waals surface area contributed by atoms with Gasteiger partial charge in [-0.3, -0.25) is 4.72 Å². The Morgan fingerprint density at radius 3 is 2.57 bits per heavy atom. The molecule has 0 aliphatic rings. The SMILES string of the molecule is COc1cc(S(=O)(=O)Nc2ccc(F)cc2I)ccc1N. The lowest BCUT2D eigenvalue weighted by atomic mass is 10.3. The quantitative estimate of drug-likeness (QED) is 0.587. The average Bonchev–Trinajstić information content (AvgIpc) is 2.42. The van der Waals surface area contributed by atoms with Crippen molar-refractivity contribution in [3.63, 3.8) is 0 Å². The molecule has 0 aromatic heterocycles. The van der Waals surface area contributed by atoms with E-state index in [0.29, 0.717) is 14.9 Å². The number of ether oxygens (including phenoxy) is 1. The van der Waals surface area contributed by atoms with Gasteiger partial charge in [0.05, 0.1) is 23.4 Å². The van der Waals surface area contributed by atoms with Crippen LogP contribution in [0.2, 0.25) is 0 Å². The van der Waals surface area contributed by atoms with Crippen LogP contribution < -0.4 is 15.2 Å². The summed E-state index contributed by atoms with van der Waals surface area (Å²) in [5.74, 6) is -0.164. The Kier molecular flexibility index (Phi) is 4.57. The lowest BCUT2D eigenvalue weighted by Crippen LogP contribution is -2.14. The Hall–Kier alpha value is -1.55. The predicted molar refractivity (Wildman–Crippen MR) is 87.3 cm³/mol. The normalized spacial score (nSPS) is 11.2. The fourth-order valence-corrected chi connectivity index (χ4v) is 3.52. The highest BCUT2D eigenvalue weighted by molar-refractivity contribution is 14.1. The summed E-state index contributed by atoms with van der Waals surface area (Å²) >= 11 is 1.85. The second-order valence-corrected chi connectivity index (χ2v) is 6.98. The number of halogens is 2. The van der Waals surface area contributed by atoms with E-state index in [1.807, 2.05) is 22.6 Å². The van der Waals surface area contributed by atoms with Crippen LogP contribution in [0.25, 0.3) is 0 Å². The fourth-order valence-electron chi connectivity index (χ4n) is 1.63. The molecule has 2 aromatic rings. The third-order valence-corrected chi connectivity index (χ3v) is 4.95. The first-order valence-electron chi connectivity index (χ1n) is 5.75. The highest BCUT2D eigenvalue weighted by Crippen LogP contribution is 2.27. The van der Waals surface area contributed by atoms with Crippen molar-refractivity contribution in [3.8, 4) is 5.75 Å². The van der Waals surface area contributed by atoms with Gasteiger partial charge >= 0.3 is 0 Å². The number of benzene rings is 2. The van der Waals surface area contributed by atoms with E-state index in [2.05, 4.69) is 4.72 Å². The smallest absolute Gasteiger partial charge is 0.262 e. The molecule has 0 amide bonds. The second-order valence-electron chi connectivity index (χ2n) is 4.13. The summed E-state index contributed by atoms with van der Waals surface area (Å²) < 4.78 is 45.5. The molecule has 0 aliphatic heterocycles. The Balaban J connectivity index is 2.38. The molecular formula is C13H12FIN2O3S. The van der Waals surface area contributed by atoms with Crippen molar-refractivity contribution >= 4 is 44.0 Å². The van der Waals surface area contributed by atoms with Crippen molar-refractivity contribution in [2.45, 2.75) is 4.90 Å². The minimum absolute atomic E-state index is 0.00803. The van der Waals surface area contributed by atoms with Crippen LogP contribution >= 0.6 is 22.6 Å². The summed E-state index contributed by atoms with van der Waals surface area (Å²) in [5.41, 5.74) is 6.29. The number of rotatable bonds is 4. The van der Waals surface area contributed by atoms with Crippen LogP contribution in [0.5, 0.6) is 5.75 Å². The number of hydrogen-bond acceptors (Lipinski definition) is 4. The van der Waals surface area contributed by atoms with E-state index >= 15 is 0 Å². The molecule has 0 spiro atoms. The Morgan fingerprint density at radius 1 is 1.24 bits per heavy atom. The third-order valence-electron chi connectivity index (χ3n) is 2.69.